The number of halogens is 1. The molecule has 0 amide bonds. The summed E-state index contributed by atoms with van der Waals surface area (Å²) in [7, 11) is -2.37. The number of hydrogen-bond acceptors (Lipinski definition) is 10. The molecule has 0 atom stereocenters. The fourth-order valence-electron chi connectivity index (χ4n) is 2.37. The van der Waals surface area contributed by atoms with Crippen LogP contribution in [0.5, 0.6) is 0 Å². The van der Waals surface area contributed by atoms with Crippen molar-refractivity contribution in [2.24, 2.45) is 0 Å². The predicted octanol–water partition coefficient (Wildman–Crippen LogP) is -1.05. The summed E-state index contributed by atoms with van der Waals surface area (Å²) < 4.78 is 5.69. The largest absolute Gasteiger partial charge is 0.377 e. The molecule has 0 saturated carbocycles. The standard InChI is InChI=1S/C13H14BrN9OP/c14-4-8-24-9-10-25(11-1-5-15-21-18-11,12-2-6-16-22-19-12)13-3-7-17-23-20-13/h1-3,5-7H,4,8-10H2/q+1/i14-4. The molecule has 3 rings (SSSR count). The molecule has 0 aliphatic heterocycles. The molecule has 3 aromatic rings. The van der Waals surface area contributed by atoms with E-state index >= 15 is 0 Å². The molecule has 0 fully saturated rings. The lowest BCUT2D eigenvalue weighted by Gasteiger charge is -2.21. The first-order chi connectivity index (χ1) is 12.4. The van der Waals surface area contributed by atoms with E-state index in [4.69, 9.17) is 4.74 Å². The van der Waals surface area contributed by atoms with E-state index in [9.17, 15) is 0 Å². The molecular weight excluding hydrogens is 405 g/mol. The zero-order valence-electron chi connectivity index (χ0n) is 13.1. The third-order valence-electron chi connectivity index (χ3n) is 3.43. The van der Waals surface area contributed by atoms with Gasteiger partial charge in [0.15, 0.2) is 7.26 Å². The van der Waals surface area contributed by atoms with E-state index in [0.717, 1.165) is 21.6 Å². The van der Waals surface area contributed by atoms with Crippen LogP contribution in [0.15, 0.2) is 36.8 Å². The van der Waals surface area contributed by atoms with Gasteiger partial charge in [0.2, 0.25) is 16.3 Å². The SMILES string of the molecule is [76Br]CCOCC[P+](c1ccnnn1)(c1ccnnn1)c1ccnnn1. The van der Waals surface area contributed by atoms with Crippen LogP contribution in [0.4, 0.5) is 0 Å². The highest BCUT2D eigenvalue weighted by Crippen LogP contribution is 2.52. The fraction of sp³-hybridized carbons (Fsp3) is 0.308. The molecule has 128 valence electrons. The Balaban J connectivity index is 2.13. The molecule has 0 unspecified atom stereocenters. The van der Waals surface area contributed by atoms with Gasteiger partial charge >= 0.3 is 0 Å². The van der Waals surface area contributed by atoms with Gasteiger partial charge in [-0.2, -0.15) is 0 Å². The van der Waals surface area contributed by atoms with Crippen LogP contribution in [0.3, 0.4) is 0 Å². The number of ether oxygens (including phenoxy) is 1. The van der Waals surface area contributed by atoms with Gasteiger partial charge in [-0.25, -0.2) is 0 Å². The highest BCUT2D eigenvalue weighted by atomic mass is 75.9. The highest BCUT2D eigenvalue weighted by molar-refractivity contribution is 9.09. The molecule has 10 nitrogen and oxygen atoms in total. The molecule has 0 saturated heterocycles. The van der Waals surface area contributed by atoms with Crippen molar-refractivity contribution in [3.63, 3.8) is 0 Å². The quantitative estimate of drug-likeness (QED) is 0.254. The minimum absolute atomic E-state index is 0.497. The van der Waals surface area contributed by atoms with Gasteiger partial charge in [0, 0.05) is 23.5 Å². The average molecular weight is 419 g/mol. The van der Waals surface area contributed by atoms with E-state index in [2.05, 4.69) is 62.2 Å². The van der Waals surface area contributed by atoms with Crippen molar-refractivity contribution in [1.29, 1.82) is 0 Å². The van der Waals surface area contributed by atoms with Crippen molar-refractivity contribution in [3.05, 3.63) is 36.8 Å². The van der Waals surface area contributed by atoms with Gasteiger partial charge < -0.3 is 4.74 Å². The summed E-state index contributed by atoms with van der Waals surface area (Å²) in [5.74, 6) is 0. The maximum atomic E-state index is 5.69. The van der Waals surface area contributed by atoms with Crippen molar-refractivity contribution in [1.82, 2.24) is 46.2 Å². The van der Waals surface area contributed by atoms with Crippen LogP contribution in [0.2, 0.25) is 0 Å². The molecule has 0 bridgehead atoms. The lowest BCUT2D eigenvalue weighted by molar-refractivity contribution is 0.167. The van der Waals surface area contributed by atoms with E-state index in [1.165, 1.54) is 0 Å². The molecule has 12 heteroatoms. The van der Waals surface area contributed by atoms with Gasteiger partial charge in [-0.15, -0.1) is 15.3 Å². The first kappa shape index (κ1) is 17.7. The van der Waals surface area contributed by atoms with Crippen LogP contribution in [0, 0.1) is 0 Å². The van der Waals surface area contributed by atoms with E-state index in [0.29, 0.717) is 19.4 Å². The first-order valence-electron chi connectivity index (χ1n) is 7.34. The molecule has 3 heterocycles. The normalized spacial score (nSPS) is 11.4. The predicted molar refractivity (Wildman–Crippen MR) is 94.8 cm³/mol. The van der Waals surface area contributed by atoms with E-state index in [-0.39, 0.29) is 0 Å². The van der Waals surface area contributed by atoms with Crippen molar-refractivity contribution in [2.75, 3.05) is 24.7 Å². The monoisotopic (exact) mass is 419 g/mol. The Morgan fingerprint density at radius 3 is 1.60 bits per heavy atom. The molecule has 0 aliphatic rings. The lowest BCUT2D eigenvalue weighted by atomic mass is 10.7. The number of rotatable bonds is 8. The Labute approximate surface area is 152 Å². The maximum absolute atomic E-state index is 5.69. The minimum atomic E-state index is -2.37. The highest BCUT2D eigenvalue weighted by Gasteiger charge is 2.51. The van der Waals surface area contributed by atoms with E-state index in [1.807, 2.05) is 18.2 Å². The number of nitrogens with zero attached hydrogens (tertiary/aromatic N) is 9. The van der Waals surface area contributed by atoms with Gasteiger partial charge in [0.25, 0.3) is 0 Å². The number of hydrogen-bond donors (Lipinski definition) is 0. The minimum Gasteiger partial charge on any atom is -0.377 e. The molecule has 0 spiro atoms. The Hall–Kier alpha value is -2.10. The molecule has 25 heavy (non-hydrogen) atoms. The molecule has 0 aromatic carbocycles. The van der Waals surface area contributed by atoms with Crippen LogP contribution < -0.4 is 16.3 Å². The second-order valence-corrected chi connectivity index (χ2v) is 9.01. The van der Waals surface area contributed by atoms with Crippen molar-refractivity contribution in [2.45, 2.75) is 0 Å². The first-order valence-corrected chi connectivity index (χ1v) is 10.4. The lowest BCUT2D eigenvalue weighted by Crippen LogP contribution is -2.40. The zero-order chi connectivity index (χ0) is 17.4. The summed E-state index contributed by atoms with van der Waals surface area (Å²) in [6, 6.07) is 5.44. The Bertz CT molecular complexity index is 672. The van der Waals surface area contributed by atoms with Crippen LogP contribution in [-0.4, -0.2) is 70.9 Å². The third-order valence-corrected chi connectivity index (χ3v) is 7.67. The topological polar surface area (TPSA) is 125 Å². The summed E-state index contributed by atoms with van der Waals surface area (Å²) in [5.41, 5.74) is 2.18. The number of alkyl halides is 1. The second kappa shape index (κ2) is 8.84. The fourth-order valence-corrected chi connectivity index (χ4v) is 5.93. The van der Waals surface area contributed by atoms with Crippen molar-refractivity contribution >= 4 is 39.5 Å². The summed E-state index contributed by atoms with van der Waals surface area (Å²) >= 11 is 3.36. The van der Waals surface area contributed by atoms with Gasteiger partial charge in [-0.3, -0.25) is 0 Å². The zero-order valence-corrected chi connectivity index (χ0v) is 15.5. The van der Waals surface area contributed by atoms with Gasteiger partial charge in [0.05, 0.1) is 31.8 Å². The maximum Gasteiger partial charge on any atom is 0.219 e. The van der Waals surface area contributed by atoms with Crippen LogP contribution in [-0.2, 0) is 4.74 Å². The van der Waals surface area contributed by atoms with Crippen LogP contribution in [0.1, 0.15) is 0 Å². The summed E-state index contributed by atoms with van der Waals surface area (Å²) in [5, 5.41) is 36.2. The van der Waals surface area contributed by atoms with Crippen LogP contribution in [0.25, 0.3) is 0 Å². The summed E-state index contributed by atoms with van der Waals surface area (Å²) in [6.07, 6.45) is 5.41. The molecule has 0 aliphatic carbocycles. The number of aromatic nitrogens is 9. The summed E-state index contributed by atoms with van der Waals surface area (Å²) in [6.45, 7) is 1.10. The molecule has 0 radical (unpaired) electrons. The Kier molecular flexibility index (Phi) is 6.26. The Morgan fingerprint density at radius 1 is 0.760 bits per heavy atom. The average Bonchev–Trinajstić information content (AvgIpc) is 2.70. The van der Waals surface area contributed by atoms with E-state index in [1.54, 1.807) is 18.6 Å². The Morgan fingerprint density at radius 2 is 1.24 bits per heavy atom. The molecule has 0 N–H and O–H groups in total. The summed E-state index contributed by atoms with van der Waals surface area (Å²) in [4.78, 5) is 0. The van der Waals surface area contributed by atoms with Crippen LogP contribution >= 0.6 is 23.2 Å². The van der Waals surface area contributed by atoms with Gasteiger partial charge in [-0.05, 0) is 15.6 Å². The molecular formula is C13H14BrN9OP+. The molecule has 3 aromatic heterocycles. The van der Waals surface area contributed by atoms with Gasteiger partial charge in [0.1, 0.15) is 6.16 Å². The van der Waals surface area contributed by atoms with Gasteiger partial charge in [-0.1, -0.05) is 31.2 Å². The second-order valence-electron chi connectivity index (χ2n) is 4.77. The van der Waals surface area contributed by atoms with Crippen molar-refractivity contribution in [3.8, 4) is 0 Å². The van der Waals surface area contributed by atoms with E-state index < -0.39 is 7.26 Å². The van der Waals surface area contributed by atoms with Crippen molar-refractivity contribution < 1.29 is 4.74 Å². The smallest absolute Gasteiger partial charge is 0.219 e. The third kappa shape index (κ3) is 3.94.